The number of hydrogen-bond donors (Lipinski definition) is 1. The highest BCUT2D eigenvalue weighted by Crippen LogP contribution is 2.34. The van der Waals surface area contributed by atoms with E-state index in [2.05, 4.69) is 0 Å². The van der Waals surface area contributed by atoms with Crippen LogP contribution in [-0.2, 0) is 6.18 Å². The van der Waals surface area contributed by atoms with Crippen molar-refractivity contribution in [2.75, 3.05) is 6.61 Å². The Balaban J connectivity index is 2.14. The summed E-state index contributed by atoms with van der Waals surface area (Å²) in [6.45, 7) is 0.478. The van der Waals surface area contributed by atoms with Gasteiger partial charge in [-0.25, -0.2) is 0 Å². The second-order valence-electron chi connectivity index (χ2n) is 4.65. The van der Waals surface area contributed by atoms with Gasteiger partial charge >= 0.3 is 6.18 Å². The van der Waals surface area contributed by atoms with Crippen LogP contribution in [0.1, 0.15) is 30.4 Å². The third kappa shape index (κ3) is 3.83. The molecule has 0 bridgehead atoms. The predicted octanol–water partition coefficient (Wildman–Crippen LogP) is 3.52. The smallest absolute Gasteiger partial charge is 0.416 e. The molecule has 1 aliphatic rings. The lowest BCUT2D eigenvalue weighted by Crippen LogP contribution is -2.15. The standard InChI is InChI=1S/C13H14F3NOS/c14-13(15,16)9-3-4-11(10(7-9)12(17)19)18-6-5-8-1-2-8/h3-4,7-8H,1-2,5-6H2,(H2,17,19). The summed E-state index contributed by atoms with van der Waals surface area (Å²) >= 11 is 4.78. The summed E-state index contributed by atoms with van der Waals surface area (Å²) in [6, 6.07) is 3.20. The second kappa shape index (κ2) is 5.36. The maximum absolute atomic E-state index is 12.6. The average molecular weight is 289 g/mol. The molecule has 1 aliphatic carbocycles. The van der Waals surface area contributed by atoms with Gasteiger partial charge in [-0.15, -0.1) is 0 Å². The van der Waals surface area contributed by atoms with E-state index in [1.807, 2.05) is 0 Å². The molecule has 1 saturated carbocycles. The molecule has 1 fully saturated rings. The molecule has 0 unspecified atom stereocenters. The van der Waals surface area contributed by atoms with Crippen molar-refractivity contribution < 1.29 is 17.9 Å². The third-order valence-corrected chi connectivity index (χ3v) is 3.27. The van der Waals surface area contributed by atoms with Gasteiger partial charge in [0.05, 0.1) is 17.7 Å². The van der Waals surface area contributed by atoms with E-state index in [0.717, 1.165) is 18.6 Å². The maximum atomic E-state index is 12.6. The van der Waals surface area contributed by atoms with Crippen molar-refractivity contribution in [1.29, 1.82) is 0 Å². The van der Waals surface area contributed by atoms with Gasteiger partial charge in [-0.2, -0.15) is 13.2 Å². The zero-order valence-corrected chi connectivity index (χ0v) is 11.0. The summed E-state index contributed by atoms with van der Waals surface area (Å²) in [4.78, 5) is -0.0903. The van der Waals surface area contributed by atoms with Gasteiger partial charge in [-0.3, -0.25) is 0 Å². The molecule has 0 aromatic heterocycles. The summed E-state index contributed by atoms with van der Waals surface area (Å²) in [5.74, 6) is 1.02. The van der Waals surface area contributed by atoms with E-state index in [-0.39, 0.29) is 10.6 Å². The average Bonchev–Trinajstić information content (AvgIpc) is 3.11. The van der Waals surface area contributed by atoms with Crippen LogP contribution < -0.4 is 10.5 Å². The highest BCUT2D eigenvalue weighted by atomic mass is 32.1. The van der Waals surface area contributed by atoms with Crippen LogP contribution in [-0.4, -0.2) is 11.6 Å². The number of thiocarbonyl (C=S) groups is 1. The first-order valence-electron chi connectivity index (χ1n) is 6.02. The fourth-order valence-electron chi connectivity index (χ4n) is 1.77. The van der Waals surface area contributed by atoms with E-state index in [1.54, 1.807) is 0 Å². The SMILES string of the molecule is NC(=S)c1cc(C(F)(F)F)ccc1OCCC1CC1. The van der Waals surface area contributed by atoms with E-state index in [4.69, 9.17) is 22.7 Å². The monoisotopic (exact) mass is 289 g/mol. The number of alkyl halides is 3. The Morgan fingerprint density at radius 1 is 1.37 bits per heavy atom. The van der Waals surface area contributed by atoms with Crippen molar-refractivity contribution in [2.24, 2.45) is 11.7 Å². The number of nitrogens with two attached hydrogens (primary N) is 1. The largest absolute Gasteiger partial charge is 0.493 e. The molecule has 2 rings (SSSR count). The Kier molecular flexibility index (Phi) is 3.99. The van der Waals surface area contributed by atoms with Crippen molar-refractivity contribution in [3.8, 4) is 5.75 Å². The molecule has 0 spiro atoms. The topological polar surface area (TPSA) is 35.2 Å². The van der Waals surface area contributed by atoms with Crippen LogP contribution >= 0.6 is 12.2 Å². The van der Waals surface area contributed by atoms with Gasteiger partial charge in [0.25, 0.3) is 0 Å². The number of halogens is 3. The third-order valence-electron chi connectivity index (χ3n) is 3.05. The second-order valence-corrected chi connectivity index (χ2v) is 5.09. The van der Waals surface area contributed by atoms with E-state index >= 15 is 0 Å². The van der Waals surface area contributed by atoms with Gasteiger partial charge in [0, 0.05) is 0 Å². The minimum absolute atomic E-state index is 0.0903. The molecular formula is C13H14F3NOS. The Morgan fingerprint density at radius 3 is 2.58 bits per heavy atom. The normalized spacial score (nSPS) is 15.3. The van der Waals surface area contributed by atoms with Crippen molar-refractivity contribution >= 4 is 17.2 Å². The van der Waals surface area contributed by atoms with Gasteiger partial charge in [-0.1, -0.05) is 25.1 Å². The molecule has 6 heteroatoms. The lowest BCUT2D eigenvalue weighted by Gasteiger charge is -2.13. The Hall–Kier alpha value is -1.30. The molecule has 0 saturated heterocycles. The minimum Gasteiger partial charge on any atom is -0.493 e. The zero-order chi connectivity index (χ0) is 14.0. The van der Waals surface area contributed by atoms with Crippen LogP contribution in [0.4, 0.5) is 13.2 Å². The van der Waals surface area contributed by atoms with E-state index in [9.17, 15) is 13.2 Å². The molecule has 19 heavy (non-hydrogen) atoms. The summed E-state index contributed by atoms with van der Waals surface area (Å²) in [7, 11) is 0. The minimum atomic E-state index is -4.41. The molecule has 1 aromatic carbocycles. The quantitative estimate of drug-likeness (QED) is 0.842. The number of hydrogen-bond acceptors (Lipinski definition) is 2. The lowest BCUT2D eigenvalue weighted by molar-refractivity contribution is -0.137. The van der Waals surface area contributed by atoms with Gasteiger partial charge in [-0.05, 0) is 30.5 Å². The molecule has 1 aromatic rings. The van der Waals surface area contributed by atoms with Gasteiger partial charge in [0.15, 0.2) is 0 Å². The number of ether oxygens (including phenoxy) is 1. The lowest BCUT2D eigenvalue weighted by atomic mass is 10.1. The fraction of sp³-hybridized carbons (Fsp3) is 0.462. The summed E-state index contributed by atoms with van der Waals surface area (Å²) in [6.07, 6.45) is -1.08. The van der Waals surface area contributed by atoms with Crippen LogP contribution in [0.15, 0.2) is 18.2 Å². The number of benzene rings is 1. The van der Waals surface area contributed by atoms with Crippen molar-refractivity contribution in [1.82, 2.24) is 0 Å². The molecule has 0 radical (unpaired) electrons. The zero-order valence-electron chi connectivity index (χ0n) is 10.2. The van der Waals surface area contributed by atoms with Crippen molar-refractivity contribution in [3.05, 3.63) is 29.3 Å². The molecular weight excluding hydrogens is 275 g/mol. The first-order valence-corrected chi connectivity index (χ1v) is 6.42. The van der Waals surface area contributed by atoms with Crippen LogP contribution in [0.25, 0.3) is 0 Å². The first kappa shape index (κ1) is 14.1. The summed E-state index contributed by atoms with van der Waals surface area (Å²) < 4.78 is 43.3. The van der Waals surface area contributed by atoms with E-state index in [0.29, 0.717) is 18.3 Å². The van der Waals surface area contributed by atoms with Crippen molar-refractivity contribution in [2.45, 2.75) is 25.4 Å². The van der Waals surface area contributed by atoms with E-state index < -0.39 is 11.7 Å². The summed E-state index contributed by atoms with van der Waals surface area (Å²) in [5.41, 5.74) is 4.82. The van der Waals surface area contributed by atoms with Crippen LogP contribution in [0.3, 0.4) is 0 Å². The Morgan fingerprint density at radius 2 is 2.05 bits per heavy atom. The number of rotatable bonds is 5. The fourth-order valence-corrected chi connectivity index (χ4v) is 1.93. The molecule has 0 heterocycles. The van der Waals surface area contributed by atoms with Crippen molar-refractivity contribution in [3.63, 3.8) is 0 Å². The van der Waals surface area contributed by atoms with Gasteiger partial charge < -0.3 is 10.5 Å². The molecule has 0 atom stereocenters. The highest BCUT2D eigenvalue weighted by Gasteiger charge is 2.31. The molecule has 2 nitrogen and oxygen atoms in total. The van der Waals surface area contributed by atoms with Crippen LogP contribution in [0.2, 0.25) is 0 Å². The molecule has 0 aliphatic heterocycles. The van der Waals surface area contributed by atoms with Crippen LogP contribution in [0.5, 0.6) is 5.75 Å². The van der Waals surface area contributed by atoms with Gasteiger partial charge in [0.1, 0.15) is 10.7 Å². The predicted molar refractivity (Wildman–Crippen MR) is 70.2 cm³/mol. The molecule has 0 amide bonds. The highest BCUT2D eigenvalue weighted by molar-refractivity contribution is 7.80. The summed E-state index contributed by atoms with van der Waals surface area (Å²) in [5, 5.41) is 0. The van der Waals surface area contributed by atoms with E-state index in [1.165, 1.54) is 18.9 Å². The Labute approximate surface area is 114 Å². The molecule has 2 N–H and O–H groups in total. The van der Waals surface area contributed by atoms with Gasteiger partial charge in [0.2, 0.25) is 0 Å². The first-order chi connectivity index (χ1) is 8.88. The maximum Gasteiger partial charge on any atom is 0.416 e. The Bertz CT molecular complexity index is 483. The molecule has 104 valence electrons. The van der Waals surface area contributed by atoms with Crippen LogP contribution in [0, 0.1) is 5.92 Å².